The Morgan fingerprint density at radius 1 is 1.64 bits per heavy atom. The summed E-state index contributed by atoms with van der Waals surface area (Å²) in [4.78, 5) is 4.22. The Balaban J connectivity index is 2.07. The topological polar surface area (TPSA) is 26.7 Å². The summed E-state index contributed by atoms with van der Waals surface area (Å²) in [6.07, 6.45) is 1.81. The minimum absolute atomic E-state index is 0.316. The molecule has 2 aliphatic rings. The quantitative estimate of drug-likeness (QED) is 0.578. The van der Waals surface area contributed by atoms with Gasteiger partial charge in [-0.3, -0.25) is 0 Å². The summed E-state index contributed by atoms with van der Waals surface area (Å²) in [5, 5.41) is 9.27. The Morgan fingerprint density at radius 2 is 2.36 bits per heavy atom. The smallest absolute Gasteiger partial charge is 0.123 e. The molecule has 3 nitrogen and oxygen atoms in total. The van der Waals surface area contributed by atoms with E-state index in [0.29, 0.717) is 5.92 Å². The molecule has 2 atom stereocenters. The van der Waals surface area contributed by atoms with Crippen molar-refractivity contribution >= 4 is 0 Å². The van der Waals surface area contributed by atoms with Crippen molar-refractivity contribution in [3.05, 3.63) is 11.9 Å². The van der Waals surface area contributed by atoms with Crippen LogP contribution in [0.2, 0.25) is 0 Å². The molecule has 2 aliphatic heterocycles. The maximum absolute atomic E-state index is 9.27. The van der Waals surface area contributed by atoms with E-state index >= 15 is 0 Å². The lowest BCUT2D eigenvalue weighted by atomic mass is 9.97. The van der Waals surface area contributed by atoms with Gasteiger partial charge < -0.3 is 14.9 Å². The molecule has 62 valence electrons. The fourth-order valence-electron chi connectivity index (χ4n) is 1.88. The van der Waals surface area contributed by atoms with Crippen LogP contribution >= 0.6 is 0 Å². The van der Waals surface area contributed by atoms with Crippen molar-refractivity contribution in [2.75, 3.05) is 20.1 Å². The number of aliphatic hydroxyl groups excluding tert-OH is 1. The molecule has 0 aromatic heterocycles. The predicted octanol–water partition coefficient (Wildman–Crippen LogP) is 0.0433. The predicted molar refractivity (Wildman–Crippen MR) is 42.6 cm³/mol. The molecule has 0 aromatic rings. The molecule has 3 heteroatoms. The van der Waals surface area contributed by atoms with Gasteiger partial charge in [0.25, 0.3) is 0 Å². The second-order valence-corrected chi connectivity index (χ2v) is 3.47. The largest absolute Gasteiger partial charge is 0.378 e. The van der Waals surface area contributed by atoms with Crippen LogP contribution in [-0.2, 0) is 0 Å². The fourth-order valence-corrected chi connectivity index (χ4v) is 1.88. The van der Waals surface area contributed by atoms with Crippen molar-refractivity contribution in [2.45, 2.75) is 13.2 Å². The zero-order chi connectivity index (χ0) is 8.01. The average molecular weight is 154 g/mol. The van der Waals surface area contributed by atoms with Gasteiger partial charge in [-0.25, -0.2) is 0 Å². The summed E-state index contributed by atoms with van der Waals surface area (Å²) in [5.41, 5.74) is 1.31. The molecule has 2 rings (SSSR count). The van der Waals surface area contributed by atoms with Crippen LogP contribution in [0.3, 0.4) is 0 Å². The van der Waals surface area contributed by atoms with Gasteiger partial charge in [0.1, 0.15) is 6.23 Å². The first-order valence-electron chi connectivity index (χ1n) is 4.05. The van der Waals surface area contributed by atoms with Crippen LogP contribution in [0.1, 0.15) is 6.92 Å². The third kappa shape index (κ3) is 0.913. The molecular weight excluding hydrogens is 140 g/mol. The number of aliphatic hydroxyl groups is 1. The van der Waals surface area contributed by atoms with E-state index in [1.165, 1.54) is 5.70 Å². The van der Waals surface area contributed by atoms with Crippen LogP contribution in [-0.4, -0.2) is 41.3 Å². The molecule has 0 bridgehead atoms. The molecule has 0 aromatic carbocycles. The number of nitrogens with zero attached hydrogens (tertiary/aromatic N) is 2. The molecule has 0 spiro atoms. The zero-order valence-corrected chi connectivity index (χ0v) is 6.99. The molecular formula is C8H14N2O. The second kappa shape index (κ2) is 2.14. The number of likely N-dealkylation sites (tertiary alicyclic amines) is 1. The SMILES string of the molecule is CC(O)N1CC2CN(C)C=C21. The van der Waals surface area contributed by atoms with E-state index in [-0.39, 0.29) is 6.23 Å². The second-order valence-electron chi connectivity index (χ2n) is 3.47. The van der Waals surface area contributed by atoms with Gasteiger partial charge in [-0.15, -0.1) is 0 Å². The third-order valence-electron chi connectivity index (χ3n) is 2.48. The van der Waals surface area contributed by atoms with Gasteiger partial charge in [-0.2, -0.15) is 0 Å². The van der Waals surface area contributed by atoms with Crippen molar-refractivity contribution in [1.29, 1.82) is 0 Å². The molecule has 1 N–H and O–H groups in total. The Bertz CT molecular complexity index is 200. The molecule has 0 aliphatic carbocycles. The summed E-state index contributed by atoms with van der Waals surface area (Å²) in [6, 6.07) is 0. The van der Waals surface area contributed by atoms with Gasteiger partial charge in [0, 0.05) is 38.0 Å². The third-order valence-corrected chi connectivity index (χ3v) is 2.48. The van der Waals surface area contributed by atoms with Gasteiger partial charge in [0.05, 0.1) is 0 Å². The monoisotopic (exact) mass is 154 g/mol. The maximum atomic E-state index is 9.27. The number of fused-ring (bicyclic) bond motifs is 1. The number of hydrogen-bond donors (Lipinski definition) is 1. The van der Waals surface area contributed by atoms with Crippen molar-refractivity contribution in [1.82, 2.24) is 9.80 Å². The van der Waals surface area contributed by atoms with Crippen LogP contribution in [0.15, 0.2) is 11.9 Å². The van der Waals surface area contributed by atoms with E-state index in [1.807, 2.05) is 11.8 Å². The molecule has 1 fully saturated rings. The normalized spacial score (nSPS) is 31.2. The van der Waals surface area contributed by atoms with E-state index in [1.54, 1.807) is 0 Å². The van der Waals surface area contributed by atoms with Crippen molar-refractivity contribution in [3.63, 3.8) is 0 Å². The molecule has 0 amide bonds. The van der Waals surface area contributed by atoms with Crippen LogP contribution in [0.5, 0.6) is 0 Å². The van der Waals surface area contributed by atoms with Crippen LogP contribution < -0.4 is 0 Å². The Labute approximate surface area is 66.9 Å². The molecule has 0 radical (unpaired) electrons. The first-order chi connectivity index (χ1) is 5.18. The molecule has 2 unspecified atom stereocenters. The summed E-state index contributed by atoms with van der Waals surface area (Å²) in [6.45, 7) is 3.96. The molecule has 2 heterocycles. The minimum Gasteiger partial charge on any atom is -0.378 e. The summed E-state index contributed by atoms with van der Waals surface area (Å²) >= 11 is 0. The van der Waals surface area contributed by atoms with Crippen LogP contribution in [0, 0.1) is 5.92 Å². The van der Waals surface area contributed by atoms with Crippen LogP contribution in [0.25, 0.3) is 0 Å². The van der Waals surface area contributed by atoms with Crippen molar-refractivity contribution in [3.8, 4) is 0 Å². The fraction of sp³-hybridized carbons (Fsp3) is 0.750. The zero-order valence-electron chi connectivity index (χ0n) is 6.99. The summed E-state index contributed by atoms with van der Waals surface area (Å²) < 4.78 is 0. The Kier molecular flexibility index (Phi) is 1.36. The maximum Gasteiger partial charge on any atom is 0.123 e. The van der Waals surface area contributed by atoms with Crippen LogP contribution in [0.4, 0.5) is 0 Å². The average Bonchev–Trinajstić information content (AvgIpc) is 2.13. The highest BCUT2D eigenvalue weighted by atomic mass is 16.3. The van der Waals surface area contributed by atoms with Gasteiger partial charge in [-0.05, 0) is 6.92 Å². The first kappa shape index (κ1) is 6.98. The van der Waals surface area contributed by atoms with E-state index in [2.05, 4.69) is 18.1 Å². The van der Waals surface area contributed by atoms with Gasteiger partial charge in [0.15, 0.2) is 0 Å². The Morgan fingerprint density at radius 3 is 2.91 bits per heavy atom. The highest BCUT2D eigenvalue weighted by molar-refractivity contribution is 5.20. The van der Waals surface area contributed by atoms with E-state index < -0.39 is 0 Å². The highest BCUT2D eigenvalue weighted by Crippen LogP contribution is 2.35. The van der Waals surface area contributed by atoms with Crippen molar-refractivity contribution in [2.24, 2.45) is 5.92 Å². The molecule has 11 heavy (non-hydrogen) atoms. The minimum atomic E-state index is -0.316. The first-order valence-corrected chi connectivity index (χ1v) is 4.05. The van der Waals surface area contributed by atoms with Gasteiger partial charge >= 0.3 is 0 Å². The van der Waals surface area contributed by atoms with E-state index in [0.717, 1.165) is 13.1 Å². The lowest BCUT2D eigenvalue weighted by Gasteiger charge is -2.42. The summed E-state index contributed by atoms with van der Waals surface area (Å²) in [5.74, 6) is 0.689. The van der Waals surface area contributed by atoms with E-state index in [9.17, 15) is 5.11 Å². The Hall–Kier alpha value is -0.700. The van der Waals surface area contributed by atoms with Gasteiger partial charge in [-0.1, -0.05) is 0 Å². The van der Waals surface area contributed by atoms with Gasteiger partial charge in [0.2, 0.25) is 0 Å². The summed E-state index contributed by atoms with van der Waals surface area (Å²) in [7, 11) is 2.07. The molecule has 1 saturated heterocycles. The molecule has 0 saturated carbocycles. The number of hydrogen-bond acceptors (Lipinski definition) is 3. The van der Waals surface area contributed by atoms with E-state index in [4.69, 9.17) is 0 Å². The lowest BCUT2D eigenvalue weighted by molar-refractivity contribution is -0.00757. The van der Waals surface area contributed by atoms with Crippen molar-refractivity contribution < 1.29 is 5.11 Å². The lowest BCUT2D eigenvalue weighted by Crippen LogP contribution is -2.48. The highest BCUT2D eigenvalue weighted by Gasteiger charge is 2.38. The number of rotatable bonds is 1. The standard InChI is InChI=1S/C8H14N2O/c1-6(11)10-4-7-3-9(2)5-8(7)10/h5-7,11H,3-4H2,1-2H3.